The van der Waals surface area contributed by atoms with Crippen molar-refractivity contribution in [3.8, 4) is 0 Å². The third kappa shape index (κ3) is 5.64. The zero-order chi connectivity index (χ0) is 19.9. The summed E-state index contributed by atoms with van der Waals surface area (Å²) in [6.07, 6.45) is 0. The van der Waals surface area contributed by atoms with Crippen molar-refractivity contribution in [2.75, 3.05) is 63.7 Å². The molecule has 1 saturated heterocycles. The van der Waals surface area contributed by atoms with Crippen LogP contribution in [0.2, 0.25) is 0 Å². The number of hydrogen-bond donors (Lipinski definition) is 2. The van der Waals surface area contributed by atoms with Gasteiger partial charge in [-0.1, -0.05) is 0 Å². The van der Waals surface area contributed by atoms with Crippen LogP contribution >= 0.6 is 0 Å². The van der Waals surface area contributed by atoms with Crippen molar-refractivity contribution >= 4 is 23.2 Å². The van der Waals surface area contributed by atoms with Gasteiger partial charge in [0.05, 0.1) is 13.2 Å². The highest BCUT2D eigenvalue weighted by Gasteiger charge is 2.13. The van der Waals surface area contributed by atoms with E-state index in [4.69, 9.17) is 4.74 Å². The van der Waals surface area contributed by atoms with Crippen LogP contribution in [0.5, 0.6) is 0 Å². The molecular weight excluding hydrogens is 356 g/mol. The summed E-state index contributed by atoms with van der Waals surface area (Å²) in [5, 5.41) is 6.11. The average Bonchev–Trinajstić information content (AvgIpc) is 2.68. The lowest BCUT2D eigenvalue weighted by Crippen LogP contribution is -2.41. The van der Waals surface area contributed by atoms with Gasteiger partial charge in [0, 0.05) is 57.3 Å². The molecule has 3 rings (SSSR count). The maximum atomic E-state index is 12.5. The van der Waals surface area contributed by atoms with Crippen LogP contribution < -0.4 is 15.5 Å². The quantitative estimate of drug-likeness (QED) is 0.751. The highest BCUT2D eigenvalue weighted by atomic mass is 16.5. The number of ether oxygens (including phenoxy) is 1. The summed E-state index contributed by atoms with van der Waals surface area (Å²) in [6, 6.07) is 9.64. The molecule has 1 amide bonds. The summed E-state index contributed by atoms with van der Waals surface area (Å²) in [5.74, 6) is 0.223. The third-order valence-electron chi connectivity index (χ3n) is 4.54. The Labute approximate surface area is 165 Å². The fourth-order valence-electron chi connectivity index (χ4n) is 2.96. The number of hydrogen-bond acceptors (Lipinski definition) is 7. The van der Waals surface area contributed by atoms with Gasteiger partial charge in [-0.15, -0.1) is 0 Å². The van der Waals surface area contributed by atoms with Gasteiger partial charge in [0.1, 0.15) is 5.69 Å². The van der Waals surface area contributed by atoms with E-state index in [1.54, 1.807) is 6.07 Å². The van der Waals surface area contributed by atoms with E-state index in [1.807, 2.05) is 50.2 Å². The van der Waals surface area contributed by atoms with Gasteiger partial charge in [0.15, 0.2) is 0 Å². The van der Waals surface area contributed by atoms with Gasteiger partial charge in [0.25, 0.3) is 5.91 Å². The summed E-state index contributed by atoms with van der Waals surface area (Å²) in [7, 11) is 3.99. The van der Waals surface area contributed by atoms with Gasteiger partial charge in [-0.3, -0.25) is 9.69 Å². The molecule has 1 aliphatic rings. The first-order valence-corrected chi connectivity index (χ1v) is 9.49. The Balaban J connectivity index is 1.59. The maximum Gasteiger partial charge on any atom is 0.270 e. The summed E-state index contributed by atoms with van der Waals surface area (Å²) >= 11 is 0. The zero-order valence-electron chi connectivity index (χ0n) is 16.7. The lowest BCUT2D eigenvalue weighted by Gasteiger charge is -2.26. The predicted octanol–water partition coefficient (Wildman–Crippen LogP) is 1.66. The first kappa shape index (κ1) is 20.0. The van der Waals surface area contributed by atoms with Gasteiger partial charge in [-0.25, -0.2) is 9.97 Å². The monoisotopic (exact) mass is 384 g/mol. The topological polar surface area (TPSA) is 82.6 Å². The molecule has 1 aliphatic heterocycles. The SMILES string of the molecule is Cc1cc(C(=O)NCCN2CCOCC2)nc(Nc2ccc(N(C)C)cc2)n1. The summed E-state index contributed by atoms with van der Waals surface area (Å²) in [4.78, 5) is 25.6. The number of benzene rings is 1. The maximum absolute atomic E-state index is 12.5. The van der Waals surface area contributed by atoms with E-state index in [0.717, 1.165) is 49.9 Å². The second-order valence-corrected chi connectivity index (χ2v) is 6.99. The normalized spacial score (nSPS) is 14.5. The molecule has 0 bridgehead atoms. The molecule has 0 spiro atoms. The second-order valence-electron chi connectivity index (χ2n) is 6.99. The van der Waals surface area contributed by atoms with E-state index in [2.05, 4.69) is 25.5 Å². The number of nitrogens with one attached hydrogen (secondary N) is 2. The van der Waals surface area contributed by atoms with Crippen LogP contribution in [0, 0.1) is 6.92 Å². The number of aryl methyl sites for hydroxylation is 1. The minimum absolute atomic E-state index is 0.190. The Morgan fingerprint density at radius 1 is 1.18 bits per heavy atom. The van der Waals surface area contributed by atoms with E-state index < -0.39 is 0 Å². The molecule has 0 unspecified atom stereocenters. The molecule has 2 aromatic rings. The molecule has 2 N–H and O–H groups in total. The molecule has 1 aromatic heterocycles. The van der Waals surface area contributed by atoms with Crippen LogP contribution in [0.1, 0.15) is 16.2 Å². The van der Waals surface area contributed by atoms with Crippen molar-refractivity contribution in [1.82, 2.24) is 20.2 Å². The highest BCUT2D eigenvalue weighted by Crippen LogP contribution is 2.18. The largest absolute Gasteiger partial charge is 0.379 e. The van der Waals surface area contributed by atoms with Gasteiger partial charge in [0.2, 0.25) is 5.95 Å². The van der Waals surface area contributed by atoms with E-state index >= 15 is 0 Å². The van der Waals surface area contributed by atoms with Crippen LogP contribution in [0.15, 0.2) is 30.3 Å². The first-order valence-electron chi connectivity index (χ1n) is 9.49. The summed E-state index contributed by atoms with van der Waals surface area (Å²) in [6.45, 7) is 6.56. The molecule has 0 atom stereocenters. The minimum Gasteiger partial charge on any atom is -0.379 e. The van der Waals surface area contributed by atoms with Crippen molar-refractivity contribution in [1.29, 1.82) is 0 Å². The molecule has 8 heteroatoms. The summed E-state index contributed by atoms with van der Waals surface area (Å²) in [5.41, 5.74) is 3.08. The van der Waals surface area contributed by atoms with Crippen molar-refractivity contribution in [2.45, 2.75) is 6.92 Å². The van der Waals surface area contributed by atoms with Crippen LogP contribution in [-0.2, 0) is 4.74 Å². The fourth-order valence-corrected chi connectivity index (χ4v) is 2.96. The molecule has 1 fully saturated rings. The number of carbonyl (C=O) groups is 1. The van der Waals surface area contributed by atoms with E-state index in [0.29, 0.717) is 18.2 Å². The fraction of sp³-hybridized carbons (Fsp3) is 0.450. The van der Waals surface area contributed by atoms with Crippen molar-refractivity contribution < 1.29 is 9.53 Å². The molecule has 1 aromatic carbocycles. The van der Waals surface area contributed by atoms with Gasteiger partial charge >= 0.3 is 0 Å². The standard InChI is InChI=1S/C20H28N6O2/c1-15-14-18(19(27)21-8-9-26-10-12-28-13-11-26)24-20(22-15)23-16-4-6-17(7-5-16)25(2)3/h4-7,14H,8-13H2,1-3H3,(H,21,27)(H,22,23,24). The van der Waals surface area contributed by atoms with Crippen molar-refractivity contribution in [3.05, 3.63) is 41.7 Å². The zero-order valence-corrected chi connectivity index (χ0v) is 16.7. The number of amides is 1. The van der Waals surface area contributed by atoms with Crippen LogP contribution in [-0.4, -0.2) is 74.3 Å². The third-order valence-corrected chi connectivity index (χ3v) is 4.54. The lowest BCUT2D eigenvalue weighted by atomic mass is 10.2. The second kappa shape index (κ2) is 9.48. The molecule has 0 radical (unpaired) electrons. The minimum atomic E-state index is -0.190. The molecule has 2 heterocycles. The number of anilines is 3. The Morgan fingerprint density at radius 2 is 1.89 bits per heavy atom. The molecule has 8 nitrogen and oxygen atoms in total. The number of aromatic nitrogens is 2. The Bertz CT molecular complexity index is 788. The lowest BCUT2D eigenvalue weighted by molar-refractivity contribution is 0.0383. The Morgan fingerprint density at radius 3 is 2.57 bits per heavy atom. The number of carbonyl (C=O) groups excluding carboxylic acids is 1. The first-order chi connectivity index (χ1) is 13.5. The Hall–Kier alpha value is -2.71. The van der Waals surface area contributed by atoms with Gasteiger partial charge in [-0.2, -0.15) is 0 Å². The number of rotatable bonds is 7. The van der Waals surface area contributed by atoms with E-state index in [9.17, 15) is 4.79 Å². The Kier molecular flexibility index (Phi) is 6.78. The average molecular weight is 384 g/mol. The van der Waals surface area contributed by atoms with Crippen LogP contribution in [0.3, 0.4) is 0 Å². The number of morpholine rings is 1. The van der Waals surface area contributed by atoms with Gasteiger partial charge in [-0.05, 0) is 37.3 Å². The molecule has 150 valence electrons. The molecular formula is C20H28N6O2. The van der Waals surface area contributed by atoms with Crippen molar-refractivity contribution in [3.63, 3.8) is 0 Å². The molecule has 0 aliphatic carbocycles. The smallest absolute Gasteiger partial charge is 0.270 e. The van der Waals surface area contributed by atoms with Crippen LogP contribution in [0.4, 0.5) is 17.3 Å². The van der Waals surface area contributed by atoms with Gasteiger partial charge < -0.3 is 20.3 Å². The molecule has 28 heavy (non-hydrogen) atoms. The van der Waals surface area contributed by atoms with E-state index in [-0.39, 0.29) is 5.91 Å². The number of nitrogens with zero attached hydrogens (tertiary/aromatic N) is 4. The summed E-state index contributed by atoms with van der Waals surface area (Å²) < 4.78 is 5.33. The molecule has 0 saturated carbocycles. The highest BCUT2D eigenvalue weighted by molar-refractivity contribution is 5.92. The van der Waals surface area contributed by atoms with Crippen molar-refractivity contribution in [2.24, 2.45) is 0 Å². The predicted molar refractivity (Wildman–Crippen MR) is 110 cm³/mol. The van der Waals surface area contributed by atoms with E-state index in [1.165, 1.54) is 0 Å². The van der Waals surface area contributed by atoms with Crippen LogP contribution in [0.25, 0.3) is 0 Å².